The van der Waals surface area contributed by atoms with Crippen LogP contribution in [-0.2, 0) is 11.3 Å². The molecule has 2 fully saturated rings. The van der Waals surface area contributed by atoms with E-state index < -0.39 is 0 Å². The summed E-state index contributed by atoms with van der Waals surface area (Å²) in [5.74, 6) is 0.480. The van der Waals surface area contributed by atoms with Crippen molar-refractivity contribution >= 4 is 0 Å². The Morgan fingerprint density at radius 3 is 2.71 bits per heavy atom. The van der Waals surface area contributed by atoms with Gasteiger partial charge < -0.3 is 15.6 Å². The van der Waals surface area contributed by atoms with Gasteiger partial charge in [0.15, 0.2) is 0 Å². The molecule has 92 valence electrons. The van der Waals surface area contributed by atoms with Gasteiger partial charge in [-0.05, 0) is 24.3 Å². The summed E-state index contributed by atoms with van der Waals surface area (Å²) in [4.78, 5) is 0. The highest BCUT2D eigenvalue weighted by atomic mass is 16.5. The minimum Gasteiger partial charge on any atom is -0.392 e. The van der Waals surface area contributed by atoms with Crippen LogP contribution >= 0.6 is 0 Å². The lowest BCUT2D eigenvalue weighted by molar-refractivity contribution is 0.0135. The van der Waals surface area contributed by atoms with Gasteiger partial charge in [0.1, 0.15) is 0 Å². The molecule has 0 aliphatic heterocycles. The molecule has 0 saturated heterocycles. The molecule has 0 amide bonds. The van der Waals surface area contributed by atoms with E-state index in [1.807, 2.05) is 18.2 Å². The molecule has 1 aromatic carbocycles. The van der Waals surface area contributed by atoms with E-state index in [0.29, 0.717) is 19.1 Å². The van der Waals surface area contributed by atoms with Crippen molar-refractivity contribution in [2.75, 3.05) is 6.61 Å². The van der Waals surface area contributed by atoms with Crippen LogP contribution in [0.2, 0.25) is 0 Å². The molecule has 3 rings (SSSR count). The fourth-order valence-corrected chi connectivity index (χ4v) is 3.16. The fourth-order valence-electron chi connectivity index (χ4n) is 3.16. The minimum absolute atomic E-state index is 0.0196. The van der Waals surface area contributed by atoms with Crippen LogP contribution < -0.4 is 5.73 Å². The van der Waals surface area contributed by atoms with Crippen molar-refractivity contribution in [1.82, 2.24) is 0 Å². The maximum absolute atomic E-state index is 10.00. The Kier molecular flexibility index (Phi) is 2.69. The quantitative estimate of drug-likeness (QED) is 0.824. The second kappa shape index (κ2) is 4.09. The lowest BCUT2D eigenvalue weighted by atomic mass is 10.0. The number of benzene rings is 1. The molecule has 2 aliphatic rings. The van der Waals surface area contributed by atoms with Gasteiger partial charge in [-0.3, -0.25) is 0 Å². The molecule has 0 heterocycles. The van der Waals surface area contributed by atoms with Gasteiger partial charge in [-0.1, -0.05) is 30.3 Å². The van der Waals surface area contributed by atoms with Crippen molar-refractivity contribution in [1.29, 1.82) is 0 Å². The third-order valence-corrected chi connectivity index (χ3v) is 4.34. The first kappa shape index (κ1) is 11.2. The van der Waals surface area contributed by atoms with E-state index in [9.17, 15) is 5.11 Å². The van der Waals surface area contributed by atoms with Crippen LogP contribution in [0.4, 0.5) is 0 Å². The highest BCUT2D eigenvalue weighted by molar-refractivity contribution is 5.17. The van der Waals surface area contributed by atoms with Crippen molar-refractivity contribution in [3.63, 3.8) is 0 Å². The predicted molar refractivity (Wildman–Crippen MR) is 65.2 cm³/mol. The number of hydrogen-bond donors (Lipinski definition) is 2. The number of rotatable bonds is 4. The van der Waals surface area contributed by atoms with Crippen LogP contribution in [0.15, 0.2) is 30.3 Å². The van der Waals surface area contributed by atoms with Gasteiger partial charge in [0.2, 0.25) is 0 Å². The highest BCUT2D eigenvalue weighted by Gasteiger charge is 2.66. The number of hydrogen-bond acceptors (Lipinski definition) is 3. The van der Waals surface area contributed by atoms with Crippen LogP contribution in [0, 0.1) is 11.3 Å². The summed E-state index contributed by atoms with van der Waals surface area (Å²) in [6.07, 6.45) is 1.50. The number of ether oxygens (including phenoxy) is 1. The second-order valence-electron chi connectivity index (χ2n) is 5.44. The van der Waals surface area contributed by atoms with Gasteiger partial charge in [0.25, 0.3) is 0 Å². The van der Waals surface area contributed by atoms with Crippen molar-refractivity contribution in [2.45, 2.75) is 31.6 Å². The van der Waals surface area contributed by atoms with Gasteiger partial charge in [-0.15, -0.1) is 0 Å². The molecular formula is C14H19NO2. The Hall–Kier alpha value is -0.900. The Balaban J connectivity index is 1.53. The molecule has 0 radical (unpaired) electrons. The van der Waals surface area contributed by atoms with Crippen LogP contribution in [0.3, 0.4) is 0 Å². The summed E-state index contributed by atoms with van der Waals surface area (Å²) in [6, 6.07) is 10.3. The van der Waals surface area contributed by atoms with Crippen LogP contribution in [0.25, 0.3) is 0 Å². The van der Waals surface area contributed by atoms with Gasteiger partial charge in [0, 0.05) is 11.5 Å². The molecule has 2 saturated carbocycles. The average Bonchev–Trinajstić information content (AvgIpc) is 3.01. The zero-order chi connectivity index (χ0) is 11.9. The molecule has 1 aromatic rings. The molecule has 2 aliphatic carbocycles. The van der Waals surface area contributed by atoms with Crippen molar-refractivity contribution < 1.29 is 9.84 Å². The smallest absolute Gasteiger partial charge is 0.0717 e. The standard InChI is InChI=1S/C14H19NO2/c15-12-6-13(16)14(7-11(12)14)9-17-8-10-4-2-1-3-5-10/h1-5,11-13,16H,6-9,15H2/t11-,12+,13+,14?/m1/s1. The molecule has 3 nitrogen and oxygen atoms in total. The summed E-state index contributed by atoms with van der Waals surface area (Å²) in [6.45, 7) is 1.26. The zero-order valence-corrected chi connectivity index (χ0v) is 9.88. The molecule has 0 bridgehead atoms. The first-order valence-corrected chi connectivity index (χ1v) is 6.28. The normalized spacial score (nSPS) is 39.1. The van der Waals surface area contributed by atoms with Gasteiger partial charge >= 0.3 is 0 Å². The lowest BCUT2D eigenvalue weighted by Crippen LogP contribution is -2.25. The highest BCUT2D eigenvalue weighted by Crippen LogP contribution is 2.62. The van der Waals surface area contributed by atoms with Gasteiger partial charge in [0.05, 0.1) is 19.3 Å². The van der Waals surface area contributed by atoms with E-state index in [0.717, 1.165) is 12.8 Å². The van der Waals surface area contributed by atoms with E-state index in [1.165, 1.54) is 5.56 Å². The monoisotopic (exact) mass is 233 g/mol. The third kappa shape index (κ3) is 1.88. The first-order valence-electron chi connectivity index (χ1n) is 6.28. The minimum atomic E-state index is -0.265. The Morgan fingerprint density at radius 2 is 2.12 bits per heavy atom. The first-order chi connectivity index (χ1) is 8.22. The number of aliphatic hydroxyl groups is 1. The van der Waals surface area contributed by atoms with E-state index in [4.69, 9.17) is 10.5 Å². The van der Waals surface area contributed by atoms with Gasteiger partial charge in [-0.25, -0.2) is 0 Å². The van der Waals surface area contributed by atoms with E-state index in [1.54, 1.807) is 0 Å². The molecule has 4 atom stereocenters. The van der Waals surface area contributed by atoms with E-state index in [-0.39, 0.29) is 17.6 Å². The molecule has 3 N–H and O–H groups in total. The molecule has 0 aromatic heterocycles. The molecule has 1 unspecified atom stereocenters. The van der Waals surface area contributed by atoms with Crippen LogP contribution in [-0.4, -0.2) is 23.9 Å². The lowest BCUT2D eigenvalue weighted by Gasteiger charge is -2.18. The Bertz CT molecular complexity index is 390. The van der Waals surface area contributed by atoms with Crippen molar-refractivity contribution in [2.24, 2.45) is 17.1 Å². The maximum Gasteiger partial charge on any atom is 0.0717 e. The molecule has 0 spiro atoms. The van der Waals surface area contributed by atoms with Crippen molar-refractivity contribution in [3.8, 4) is 0 Å². The zero-order valence-electron chi connectivity index (χ0n) is 9.88. The van der Waals surface area contributed by atoms with E-state index >= 15 is 0 Å². The Labute approximate surface area is 102 Å². The predicted octanol–water partition coefficient (Wildman–Crippen LogP) is 1.30. The summed E-state index contributed by atoms with van der Waals surface area (Å²) < 4.78 is 5.75. The molecular weight excluding hydrogens is 214 g/mol. The maximum atomic E-state index is 10.00. The third-order valence-electron chi connectivity index (χ3n) is 4.34. The molecule has 17 heavy (non-hydrogen) atoms. The number of nitrogens with two attached hydrogens (primary N) is 1. The average molecular weight is 233 g/mol. The summed E-state index contributed by atoms with van der Waals surface area (Å²) >= 11 is 0. The fraction of sp³-hybridized carbons (Fsp3) is 0.571. The molecule has 3 heteroatoms. The SMILES string of the molecule is N[C@H]1C[C@H](O)C2(COCc3ccccc3)C[C@H]12. The summed E-state index contributed by atoms with van der Waals surface area (Å²) in [5.41, 5.74) is 7.12. The van der Waals surface area contributed by atoms with Gasteiger partial charge in [-0.2, -0.15) is 0 Å². The second-order valence-corrected chi connectivity index (χ2v) is 5.44. The summed E-state index contributed by atoms with van der Waals surface area (Å²) in [7, 11) is 0. The Morgan fingerprint density at radius 1 is 1.35 bits per heavy atom. The number of fused-ring (bicyclic) bond motifs is 1. The van der Waals surface area contributed by atoms with Crippen molar-refractivity contribution in [3.05, 3.63) is 35.9 Å². The van der Waals surface area contributed by atoms with Crippen LogP contribution in [0.5, 0.6) is 0 Å². The summed E-state index contributed by atoms with van der Waals surface area (Å²) in [5, 5.41) is 10.00. The van der Waals surface area contributed by atoms with Crippen LogP contribution in [0.1, 0.15) is 18.4 Å². The van der Waals surface area contributed by atoms with E-state index in [2.05, 4.69) is 12.1 Å². The number of aliphatic hydroxyl groups excluding tert-OH is 1. The topological polar surface area (TPSA) is 55.5 Å². The largest absolute Gasteiger partial charge is 0.392 e.